The van der Waals surface area contributed by atoms with Crippen LogP contribution in [0.1, 0.15) is 26.3 Å². The first kappa shape index (κ1) is 14.7. The second kappa shape index (κ2) is 6.18. The average molecular weight is 277 g/mol. The molecule has 3 nitrogen and oxygen atoms in total. The van der Waals surface area contributed by atoms with Crippen LogP contribution in [0, 0.1) is 5.82 Å². The summed E-state index contributed by atoms with van der Waals surface area (Å²) >= 11 is 0. The number of hydrogen-bond donors (Lipinski definition) is 0. The first-order chi connectivity index (χ1) is 9.45. The molecule has 0 N–H and O–H groups in total. The van der Waals surface area contributed by atoms with Gasteiger partial charge in [-0.25, -0.2) is 4.39 Å². The summed E-state index contributed by atoms with van der Waals surface area (Å²) < 4.78 is 18.5. The average Bonchev–Trinajstić information content (AvgIpc) is 2.38. The van der Waals surface area contributed by atoms with Crippen molar-refractivity contribution in [1.82, 2.24) is 4.90 Å². The molecule has 1 heterocycles. The minimum atomic E-state index is -0.274. The van der Waals surface area contributed by atoms with Gasteiger partial charge < -0.3 is 9.64 Å². The predicted molar refractivity (Wildman–Crippen MR) is 76.6 cm³/mol. The number of amides is 1. The molecule has 1 fully saturated rings. The number of halogens is 1. The molecule has 20 heavy (non-hydrogen) atoms. The number of carbonyl (C=O) groups excluding carboxylic acids is 1. The number of allylic oxidation sites excluding steroid dienone is 1. The molecule has 1 aromatic rings. The Balaban J connectivity index is 2.09. The van der Waals surface area contributed by atoms with Crippen LogP contribution in [-0.2, 0) is 9.53 Å². The maximum atomic E-state index is 12.9. The molecule has 1 aliphatic rings. The van der Waals surface area contributed by atoms with Gasteiger partial charge in [0, 0.05) is 19.2 Å². The van der Waals surface area contributed by atoms with Crippen LogP contribution in [0.4, 0.5) is 4.39 Å². The molecule has 1 aliphatic heterocycles. The van der Waals surface area contributed by atoms with Crippen molar-refractivity contribution >= 4 is 11.5 Å². The first-order valence-corrected chi connectivity index (χ1v) is 6.84. The van der Waals surface area contributed by atoms with Crippen LogP contribution in [-0.4, -0.2) is 36.1 Å². The summed E-state index contributed by atoms with van der Waals surface area (Å²) in [5, 5.41) is 0. The fourth-order valence-corrected chi connectivity index (χ4v) is 2.43. The van der Waals surface area contributed by atoms with Gasteiger partial charge in [0.05, 0.1) is 12.2 Å². The number of carbonyl (C=O) groups is 1. The SMILES string of the molecule is CC(=CC(=O)N1CC(C)OC(C)C1)c1ccc(F)cc1. The molecule has 4 heteroatoms. The van der Waals surface area contributed by atoms with Crippen molar-refractivity contribution < 1.29 is 13.9 Å². The van der Waals surface area contributed by atoms with Crippen LogP contribution in [0.5, 0.6) is 0 Å². The van der Waals surface area contributed by atoms with E-state index in [2.05, 4.69) is 0 Å². The molecule has 1 amide bonds. The largest absolute Gasteiger partial charge is 0.372 e. The minimum absolute atomic E-state index is 0.0196. The van der Waals surface area contributed by atoms with Crippen LogP contribution in [0.15, 0.2) is 30.3 Å². The summed E-state index contributed by atoms with van der Waals surface area (Å²) in [4.78, 5) is 14.1. The maximum absolute atomic E-state index is 12.9. The molecule has 0 saturated carbocycles. The third-order valence-corrected chi connectivity index (χ3v) is 3.37. The quantitative estimate of drug-likeness (QED) is 0.778. The standard InChI is InChI=1S/C16H20FNO2/c1-11(14-4-6-15(17)7-5-14)8-16(19)18-9-12(2)20-13(3)10-18/h4-8,12-13H,9-10H2,1-3H3. The van der Waals surface area contributed by atoms with Crippen LogP contribution in [0.3, 0.4) is 0 Å². The molecular weight excluding hydrogens is 257 g/mol. The zero-order chi connectivity index (χ0) is 14.7. The van der Waals surface area contributed by atoms with Gasteiger partial charge in [-0.3, -0.25) is 4.79 Å². The summed E-state index contributed by atoms with van der Waals surface area (Å²) in [5.41, 5.74) is 1.69. The Morgan fingerprint density at radius 1 is 1.25 bits per heavy atom. The van der Waals surface area contributed by atoms with Gasteiger partial charge >= 0.3 is 0 Å². The molecule has 2 rings (SSSR count). The van der Waals surface area contributed by atoms with Gasteiger partial charge in [-0.2, -0.15) is 0 Å². The van der Waals surface area contributed by atoms with E-state index in [4.69, 9.17) is 4.74 Å². The lowest BCUT2D eigenvalue weighted by Crippen LogP contribution is -2.47. The molecule has 0 radical (unpaired) electrons. The van der Waals surface area contributed by atoms with Gasteiger partial charge in [0.2, 0.25) is 5.91 Å². The topological polar surface area (TPSA) is 29.5 Å². The zero-order valence-electron chi connectivity index (χ0n) is 12.1. The molecule has 0 aliphatic carbocycles. The highest BCUT2D eigenvalue weighted by atomic mass is 19.1. The first-order valence-electron chi connectivity index (χ1n) is 6.84. The van der Waals surface area contributed by atoms with Crippen LogP contribution >= 0.6 is 0 Å². The van der Waals surface area contributed by atoms with Crippen molar-refractivity contribution in [1.29, 1.82) is 0 Å². The summed E-state index contributed by atoms with van der Waals surface area (Å²) in [6, 6.07) is 6.16. The summed E-state index contributed by atoms with van der Waals surface area (Å²) in [5.74, 6) is -0.294. The van der Waals surface area contributed by atoms with E-state index in [-0.39, 0.29) is 23.9 Å². The molecule has 1 aromatic carbocycles. The van der Waals surface area contributed by atoms with Gasteiger partial charge in [-0.05, 0) is 44.0 Å². The van der Waals surface area contributed by atoms with Gasteiger partial charge in [0.15, 0.2) is 0 Å². The lowest BCUT2D eigenvalue weighted by Gasteiger charge is -2.34. The highest BCUT2D eigenvalue weighted by molar-refractivity contribution is 5.94. The molecule has 2 unspecified atom stereocenters. The molecule has 0 aromatic heterocycles. The Hall–Kier alpha value is -1.68. The maximum Gasteiger partial charge on any atom is 0.247 e. The van der Waals surface area contributed by atoms with Gasteiger partial charge in [-0.1, -0.05) is 12.1 Å². The van der Waals surface area contributed by atoms with E-state index in [1.807, 2.05) is 20.8 Å². The van der Waals surface area contributed by atoms with Crippen molar-refractivity contribution in [2.24, 2.45) is 0 Å². The number of benzene rings is 1. The Bertz CT molecular complexity index is 500. The Labute approximate surface area is 119 Å². The van der Waals surface area contributed by atoms with E-state index in [1.165, 1.54) is 12.1 Å². The monoisotopic (exact) mass is 277 g/mol. The van der Waals surface area contributed by atoms with E-state index in [9.17, 15) is 9.18 Å². The van der Waals surface area contributed by atoms with Crippen molar-refractivity contribution in [2.75, 3.05) is 13.1 Å². The minimum Gasteiger partial charge on any atom is -0.372 e. The highest BCUT2D eigenvalue weighted by Gasteiger charge is 2.24. The van der Waals surface area contributed by atoms with Crippen LogP contribution < -0.4 is 0 Å². The Morgan fingerprint density at radius 2 is 1.80 bits per heavy atom. The van der Waals surface area contributed by atoms with E-state index >= 15 is 0 Å². The molecule has 0 bridgehead atoms. The Kier molecular flexibility index (Phi) is 4.55. The summed E-state index contributed by atoms with van der Waals surface area (Å²) in [7, 11) is 0. The van der Waals surface area contributed by atoms with Gasteiger partial charge in [0.25, 0.3) is 0 Å². The number of morpholine rings is 1. The van der Waals surface area contributed by atoms with Crippen LogP contribution in [0.25, 0.3) is 5.57 Å². The number of ether oxygens (including phenoxy) is 1. The number of rotatable bonds is 2. The third-order valence-electron chi connectivity index (χ3n) is 3.37. The van der Waals surface area contributed by atoms with Gasteiger partial charge in [0.1, 0.15) is 5.82 Å². The normalized spacial score (nSPS) is 23.8. The summed E-state index contributed by atoms with van der Waals surface area (Å²) in [6.07, 6.45) is 1.72. The second-order valence-corrected chi connectivity index (χ2v) is 5.33. The van der Waals surface area contributed by atoms with Crippen LogP contribution in [0.2, 0.25) is 0 Å². The molecule has 2 atom stereocenters. The zero-order valence-corrected chi connectivity index (χ0v) is 12.1. The van der Waals surface area contributed by atoms with Gasteiger partial charge in [-0.15, -0.1) is 0 Å². The number of nitrogens with zero attached hydrogens (tertiary/aromatic N) is 1. The smallest absolute Gasteiger partial charge is 0.247 e. The predicted octanol–water partition coefficient (Wildman–Crippen LogP) is 2.86. The molecule has 1 saturated heterocycles. The van der Waals surface area contributed by atoms with E-state index in [0.717, 1.165) is 11.1 Å². The summed E-state index contributed by atoms with van der Waals surface area (Å²) in [6.45, 7) is 7.00. The van der Waals surface area contributed by atoms with E-state index in [0.29, 0.717) is 13.1 Å². The van der Waals surface area contributed by atoms with Crippen molar-refractivity contribution in [3.8, 4) is 0 Å². The van der Waals surface area contributed by atoms with E-state index in [1.54, 1.807) is 23.1 Å². The van der Waals surface area contributed by atoms with Crippen molar-refractivity contribution in [3.05, 3.63) is 41.7 Å². The van der Waals surface area contributed by atoms with Crippen molar-refractivity contribution in [2.45, 2.75) is 33.0 Å². The van der Waals surface area contributed by atoms with Crippen molar-refractivity contribution in [3.63, 3.8) is 0 Å². The lowest BCUT2D eigenvalue weighted by atomic mass is 10.1. The molecule has 0 spiro atoms. The fourth-order valence-electron chi connectivity index (χ4n) is 2.43. The Morgan fingerprint density at radius 3 is 2.35 bits per heavy atom. The molecule has 108 valence electrons. The number of hydrogen-bond acceptors (Lipinski definition) is 2. The second-order valence-electron chi connectivity index (χ2n) is 5.33. The lowest BCUT2D eigenvalue weighted by molar-refractivity contribution is -0.137. The fraction of sp³-hybridized carbons (Fsp3) is 0.438. The third kappa shape index (κ3) is 3.67. The van der Waals surface area contributed by atoms with E-state index < -0.39 is 0 Å². The highest BCUT2D eigenvalue weighted by Crippen LogP contribution is 2.16. The molecular formula is C16H20FNO2.